The molecule has 7 rings (SSSR count). The Labute approximate surface area is 221 Å². The van der Waals surface area contributed by atoms with Gasteiger partial charge in [0.15, 0.2) is 11.5 Å². The Kier molecular flexibility index (Phi) is 5.68. The van der Waals surface area contributed by atoms with Gasteiger partial charge in [-0.15, -0.1) is 12.4 Å². The maximum atomic E-state index is 16.7. The molecule has 37 heavy (non-hydrogen) atoms. The maximum absolute atomic E-state index is 16.7. The summed E-state index contributed by atoms with van der Waals surface area (Å²) in [4.78, 5) is 17.0. The number of aromatic hydroxyl groups is 1. The lowest BCUT2D eigenvalue weighted by molar-refractivity contribution is -0.223. The highest BCUT2D eigenvalue weighted by Crippen LogP contribution is 2.66. The zero-order chi connectivity index (χ0) is 24.8. The smallest absolute Gasteiger partial charge is 0.246 e. The monoisotopic (exact) mass is 530 g/mol. The van der Waals surface area contributed by atoms with Crippen LogP contribution in [0.1, 0.15) is 42.4 Å². The van der Waals surface area contributed by atoms with E-state index in [9.17, 15) is 15.0 Å². The van der Waals surface area contributed by atoms with Crippen molar-refractivity contribution in [3.05, 3.63) is 53.5 Å². The molecule has 7 nitrogen and oxygen atoms in total. The topological polar surface area (TPSA) is 86.4 Å². The Morgan fingerprint density at radius 1 is 1.30 bits per heavy atom. The van der Waals surface area contributed by atoms with Gasteiger partial charge in [0, 0.05) is 43.4 Å². The highest BCUT2D eigenvalue weighted by atomic mass is 35.5. The first-order valence-corrected chi connectivity index (χ1v) is 12.9. The molecule has 2 bridgehead atoms. The van der Waals surface area contributed by atoms with E-state index in [1.807, 2.05) is 6.07 Å². The van der Waals surface area contributed by atoms with Crippen molar-refractivity contribution >= 4 is 24.4 Å². The fourth-order valence-electron chi connectivity index (χ4n) is 7.67. The van der Waals surface area contributed by atoms with Gasteiger partial charge in [-0.1, -0.05) is 6.07 Å². The minimum atomic E-state index is -1.39. The van der Waals surface area contributed by atoms with Gasteiger partial charge in [0.05, 0.1) is 24.2 Å². The Morgan fingerprint density at radius 3 is 2.84 bits per heavy atom. The summed E-state index contributed by atoms with van der Waals surface area (Å²) < 4.78 is 28.2. The fourth-order valence-corrected chi connectivity index (χ4v) is 7.67. The highest BCUT2D eigenvalue weighted by Gasteiger charge is 2.77. The highest BCUT2D eigenvalue weighted by molar-refractivity contribution is 5.92. The molecule has 1 aromatic heterocycles. The molecule has 198 valence electrons. The van der Waals surface area contributed by atoms with Crippen molar-refractivity contribution in [2.75, 3.05) is 20.1 Å². The molecule has 0 radical (unpaired) electrons. The van der Waals surface area contributed by atoms with Crippen LogP contribution < -0.4 is 4.74 Å². The summed E-state index contributed by atoms with van der Waals surface area (Å²) in [5, 5.41) is 23.2. The molecule has 1 aromatic carbocycles. The molecule has 1 amide bonds. The van der Waals surface area contributed by atoms with E-state index in [0.717, 1.165) is 30.5 Å². The number of carbonyl (C=O) groups is 1. The lowest BCUT2D eigenvalue weighted by atomic mass is 9.47. The maximum Gasteiger partial charge on any atom is 0.246 e. The Balaban J connectivity index is 0.00000252. The summed E-state index contributed by atoms with van der Waals surface area (Å²) in [6, 6.07) is 4.54. The van der Waals surface area contributed by atoms with Crippen molar-refractivity contribution in [2.45, 2.75) is 67.5 Å². The number of nitrogens with zero attached hydrogens (tertiary/aromatic N) is 2. The van der Waals surface area contributed by atoms with Crippen molar-refractivity contribution in [3.8, 4) is 11.5 Å². The number of halogens is 2. The van der Waals surface area contributed by atoms with Gasteiger partial charge < -0.3 is 24.3 Å². The number of likely N-dealkylation sites (tertiary alicyclic amines) is 1. The molecule has 9 heteroatoms. The summed E-state index contributed by atoms with van der Waals surface area (Å²) in [6.45, 7) is 1.03. The van der Waals surface area contributed by atoms with E-state index in [2.05, 4.69) is 4.90 Å². The third kappa shape index (κ3) is 3.28. The molecule has 6 atom stereocenters. The average Bonchev–Trinajstić information content (AvgIpc) is 3.36. The first-order valence-electron chi connectivity index (χ1n) is 12.9. The van der Waals surface area contributed by atoms with E-state index in [-0.39, 0.29) is 42.4 Å². The van der Waals surface area contributed by atoms with Crippen LogP contribution >= 0.6 is 12.4 Å². The molecule has 1 saturated heterocycles. The molecule has 3 fully saturated rings. The third-order valence-electron chi connectivity index (χ3n) is 9.51. The van der Waals surface area contributed by atoms with Crippen LogP contribution in [-0.2, 0) is 16.6 Å². The number of furan rings is 1. The molecule has 3 aliphatic carbocycles. The standard InChI is InChI=1S/C28H31FN2O5.ClH/c1-30(23(33)7-4-17-9-11-35-15-17)19-8-10-27(34)22-12-18-5-6-20(32)25-24(18)28(27,26(19)36-25)21(29)14-31(22)13-16-2-3-16;/h4-7,9,11,15-16,19,21-22,26,32,34H,2-3,8,10,12-14H2,1H3;1H/b7-4+;/t19-,21-,22?,26+,27-,28+;/m1./s1. The van der Waals surface area contributed by atoms with Gasteiger partial charge in [-0.3, -0.25) is 9.69 Å². The number of likely N-dealkylation sites (N-methyl/N-ethyl adjacent to an activating group) is 1. The van der Waals surface area contributed by atoms with E-state index in [1.54, 1.807) is 42.7 Å². The normalized spacial score (nSPS) is 35.5. The Hall–Kier alpha value is -2.55. The van der Waals surface area contributed by atoms with Gasteiger partial charge in [-0.25, -0.2) is 4.39 Å². The SMILES string of the molecule is CN(C(=O)/C=C/c1ccoc1)[C@@H]1CC[C@@]2(O)C3Cc4ccc(O)c5c4[C@@]2([C@H](F)CN3CC2CC2)[C@H]1O5.Cl. The van der Waals surface area contributed by atoms with Crippen molar-refractivity contribution in [2.24, 2.45) is 5.92 Å². The second-order valence-electron chi connectivity index (χ2n) is 11.3. The number of phenols is 1. The van der Waals surface area contributed by atoms with E-state index in [0.29, 0.717) is 30.7 Å². The number of rotatable bonds is 5. The number of hydrogen-bond acceptors (Lipinski definition) is 6. The number of hydrogen-bond donors (Lipinski definition) is 2. The Morgan fingerprint density at radius 2 is 2.11 bits per heavy atom. The third-order valence-corrected chi connectivity index (χ3v) is 9.51. The van der Waals surface area contributed by atoms with Crippen LogP contribution in [0.5, 0.6) is 11.5 Å². The van der Waals surface area contributed by atoms with Crippen LogP contribution in [0, 0.1) is 5.92 Å². The molecule has 2 aliphatic heterocycles. The van der Waals surface area contributed by atoms with Gasteiger partial charge in [0.25, 0.3) is 0 Å². The molecule has 5 aliphatic rings. The quantitative estimate of drug-likeness (QED) is 0.576. The van der Waals surface area contributed by atoms with E-state index >= 15 is 4.39 Å². The lowest BCUT2D eigenvalue weighted by Crippen LogP contribution is -2.82. The summed E-state index contributed by atoms with van der Waals surface area (Å²) in [6.07, 6.45) is 7.82. The van der Waals surface area contributed by atoms with E-state index in [1.165, 1.54) is 6.08 Å². The van der Waals surface area contributed by atoms with Gasteiger partial charge in [-0.2, -0.15) is 0 Å². The predicted octanol–water partition coefficient (Wildman–Crippen LogP) is 3.46. The summed E-state index contributed by atoms with van der Waals surface area (Å²) in [5.41, 5.74) is -0.356. The number of amides is 1. The average molecular weight is 531 g/mol. The summed E-state index contributed by atoms with van der Waals surface area (Å²) in [5.74, 6) is 0.568. The number of benzene rings is 1. The zero-order valence-corrected chi connectivity index (χ0v) is 21.5. The summed E-state index contributed by atoms with van der Waals surface area (Å²) in [7, 11) is 1.70. The van der Waals surface area contributed by atoms with Crippen molar-refractivity contribution in [3.63, 3.8) is 0 Å². The first-order chi connectivity index (χ1) is 17.3. The molecule has 2 aromatic rings. The van der Waals surface area contributed by atoms with E-state index in [4.69, 9.17) is 9.15 Å². The van der Waals surface area contributed by atoms with Crippen LogP contribution in [0.3, 0.4) is 0 Å². The number of aliphatic hydroxyl groups is 1. The van der Waals surface area contributed by atoms with Crippen LogP contribution in [0.25, 0.3) is 6.08 Å². The molecular weight excluding hydrogens is 499 g/mol. The number of phenolic OH excluding ortho intramolecular Hbond substituents is 1. The largest absolute Gasteiger partial charge is 0.504 e. The minimum absolute atomic E-state index is 0. The van der Waals surface area contributed by atoms with Crippen molar-refractivity contribution in [1.29, 1.82) is 0 Å². The second-order valence-corrected chi connectivity index (χ2v) is 11.3. The molecule has 2 N–H and O–H groups in total. The van der Waals surface area contributed by atoms with Crippen LogP contribution in [0.2, 0.25) is 0 Å². The molecular formula is C28H32ClFN2O5. The van der Waals surface area contributed by atoms with Crippen molar-refractivity contribution in [1.82, 2.24) is 9.80 Å². The number of carbonyl (C=O) groups excluding carboxylic acids is 1. The number of piperidine rings is 1. The van der Waals surface area contributed by atoms with Crippen molar-refractivity contribution < 1.29 is 28.6 Å². The van der Waals surface area contributed by atoms with Gasteiger partial charge >= 0.3 is 0 Å². The first kappa shape index (κ1) is 24.8. The molecule has 1 unspecified atom stereocenters. The van der Waals surface area contributed by atoms with Gasteiger partial charge in [0.2, 0.25) is 5.91 Å². The fraction of sp³-hybridized carbons (Fsp3) is 0.536. The molecule has 1 spiro atoms. The van der Waals surface area contributed by atoms with E-state index < -0.39 is 29.3 Å². The summed E-state index contributed by atoms with van der Waals surface area (Å²) >= 11 is 0. The number of alkyl halides is 1. The van der Waals surface area contributed by atoms with Gasteiger partial charge in [-0.05, 0) is 61.8 Å². The zero-order valence-electron chi connectivity index (χ0n) is 20.7. The lowest BCUT2D eigenvalue weighted by Gasteiger charge is -2.65. The van der Waals surface area contributed by atoms with Crippen LogP contribution in [0.15, 0.2) is 41.2 Å². The molecule has 3 heterocycles. The van der Waals surface area contributed by atoms with Gasteiger partial charge in [0.1, 0.15) is 17.7 Å². The Bertz CT molecular complexity index is 1250. The molecule has 2 saturated carbocycles. The van der Waals surface area contributed by atoms with Crippen LogP contribution in [-0.4, -0.2) is 76.0 Å². The van der Waals surface area contributed by atoms with Crippen LogP contribution in [0.4, 0.5) is 4.39 Å². The number of ether oxygens (including phenoxy) is 1. The second kappa shape index (κ2) is 8.48. The predicted molar refractivity (Wildman–Crippen MR) is 137 cm³/mol. The minimum Gasteiger partial charge on any atom is -0.504 e.